The summed E-state index contributed by atoms with van der Waals surface area (Å²) in [6, 6.07) is 9.38. The molecule has 0 aliphatic carbocycles. The fourth-order valence-electron chi connectivity index (χ4n) is 2.21. The van der Waals surface area contributed by atoms with Gasteiger partial charge in [0.25, 0.3) is 5.91 Å². The van der Waals surface area contributed by atoms with Crippen molar-refractivity contribution in [2.45, 2.75) is 11.3 Å². The molecule has 1 aromatic carbocycles. The second-order valence-corrected chi connectivity index (χ2v) is 5.93. The maximum absolute atomic E-state index is 11.9. The lowest BCUT2D eigenvalue weighted by molar-refractivity contribution is -0.113. The summed E-state index contributed by atoms with van der Waals surface area (Å²) < 4.78 is 0. The second-order valence-electron chi connectivity index (χ2n) is 4.91. The molecule has 23 heavy (non-hydrogen) atoms. The molecule has 0 spiro atoms. The first-order valence-corrected chi connectivity index (χ1v) is 7.95. The lowest BCUT2D eigenvalue weighted by Crippen LogP contribution is -2.25. The van der Waals surface area contributed by atoms with Crippen LogP contribution in [0.3, 0.4) is 0 Å². The van der Waals surface area contributed by atoms with Gasteiger partial charge in [-0.15, -0.1) is 24.2 Å². The highest BCUT2D eigenvalue weighted by Crippen LogP contribution is 2.31. The Morgan fingerprint density at radius 1 is 1.26 bits per heavy atom. The molecule has 0 bridgehead atoms. The fourth-order valence-corrected chi connectivity index (χ4v) is 3.00. The zero-order valence-corrected chi connectivity index (χ0v) is 13.9. The van der Waals surface area contributed by atoms with Gasteiger partial charge in [-0.2, -0.15) is 0 Å². The van der Waals surface area contributed by atoms with Crippen LogP contribution in [0.15, 0.2) is 47.6 Å². The molecule has 0 atom stereocenters. The number of fused-ring (bicyclic) bond motifs is 1. The van der Waals surface area contributed by atoms with Gasteiger partial charge in [-0.25, -0.2) is 0 Å². The van der Waals surface area contributed by atoms with E-state index in [9.17, 15) is 9.59 Å². The van der Waals surface area contributed by atoms with E-state index in [4.69, 9.17) is 0 Å². The molecule has 1 aliphatic rings. The highest BCUT2D eigenvalue weighted by molar-refractivity contribution is 8.00. The minimum absolute atomic E-state index is 0. The average Bonchev–Trinajstić information content (AvgIpc) is 2.55. The van der Waals surface area contributed by atoms with Crippen molar-refractivity contribution < 1.29 is 9.59 Å². The third kappa shape index (κ3) is 4.46. The molecule has 0 unspecified atom stereocenters. The van der Waals surface area contributed by atoms with Gasteiger partial charge in [-0.1, -0.05) is 6.07 Å². The van der Waals surface area contributed by atoms with Crippen molar-refractivity contribution >= 4 is 41.7 Å². The smallest absolute Gasteiger partial charge is 0.251 e. The Morgan fingerprint density at radius 2 is 2.04 bits per heavy atom. The highest BCUT2D eigenvalue weighted by atomic mass is 35.5. The number of carbonyl (C=O) groups is 2. The quantitative estimate of drug-likeness (QED) is 0.889. The minimum atomic E-state index is -0.107. The predicted octanol–water partition coefficient (Wildman–Crippen LogP) is 2.52. The van der Waals surface area contributed by atoms with E-state index in [2.05, 4.69) is 15.6 Å². The first-order valence-electron chi connectivity index (χ1n) is 6.96. The maximum Gasteiger partial charge on any atom is 0.251 e. The molecule has 2 heterocycles. The number of nitrogens with zero attached hydrogens (tertiary/aromatic N) is 1. The monoisotopic (exact) mass is 349 g/mol. The van der Waals surface area contributed by atoms with Gasteiger partial charge in [0.2, 0.25) is 5.91 Å². The number of hydrogen-bond acceptors (Lipinski definition) is 4. The number of benzene rings is 1. The summed E-state index contributed by atoms with van der Waals surface area (Å²) in [5.74, 6) is 0.388. The number of halogens is 1. The summed E-state index contributed by atoms with van der Waals surface area (Å²) >= 11 is 1.54. The van der Waals surface area contributed by atoms with Crippen molar-refractivity contribution in [2.75, 3.05) is 17.6 Å². The van der Waals surface area contributed by atoms with Gasteiger partial charge >= 0.3 is 0 Å². The van der Waals surface area contributed by atoms with Crippen LogP contribution in [0, 0.1) is 0 Å². The molecule has 1 aromatic heterocycles. The molecule has 0 fully saturated rings. The van der Waals surface area contributed by atoms with E-state index in [0.29, 0.717) is 24.3 Å². The van der Waals surface area contributed by atoms with Crippen LogP contribution in [-0.4, -0.2) is 29.1 Å². The van der Waals surface area contributed by atoms with Gasteiger partial charge in [-0.3, -0.25) is 14.6 Å². The molecule has 7 heteroatoms. The van der Waals surface area contributed by atoms with E-state index in [1.165, 1.54) is 0 Å². The van der Waals surface area contributed by atoms with Gasteiger partial charge in [0.1, 0.15) is 0 Å². The van der Waals surface area contributed by atoms with Crippen LogP contribution in [0.1, 0.15) is 15.9 Å². The zero-order chi connectivity index (χ0) is 15.4. The van der Waals surface area contributed by atoms with Crippen molar-refractivity contribution in [2.24, 2.45) is 0 Å². The topological polar surface area (TPSA) is 71.1 Å². The highest BCUT2D eigenvalue weighted by Gasteiger charge is 2.15. The predicted molar refractivity (Wildman–Crippen MR) is 93.3 cm³/mol. The summed E-state index contributed by atoms with van der Waals surface area (Å²) in [6.07, 6.45) is 3.90. The number of rotatable bonds is 4. The first-order chi connectivity index (χ1) is 10.7. The lowest BCUT2D eigenvalue weighted by atomic mass is 10.1. The molecule has 120 valence electrons. The number of nitrogens with one attached hydrogen (secondary N) is 2. The van der Waals surface area contributed by atoms with Gasteiger partial charge in [-0.05, 0) is 36.2 Å². The molecule has 0 radical (unpaired) electrons. The SMILES string of the molecule is Cl.O=C1CSc2ccc(CCNC(=O)c3ccncc3)cc2N1. The van der Waals surface area contributed by atoms with Crippen LogP contribution in [0.5, 0.6) is 0 Å². The Balaban J connectivity index is 0.00000192. The second kappa shape index (κ2) is 7.99. The van der Waals surface area contributed by atoms with Crippen LogP contribution in [0.25, 0.3) is 0 Å². The molecule has 3 rings (SSSR count). The number of carbonyl (C=O) groups excluding carboxylic acids is 2. The summed E-state index contributed by atoms with van der Waals surface area (Å²) in [4.78, 5) is 28.3. The Kier molecular flexibility index (Phi) is 6.01. The Bertz CT molecular complexity index is 710. The molecule has 5 nitrogen and oxygen atoms in total. The Hall–Kier alpha value is -2.05. The maximum atomic E-state index is 11.9. The summed E-state index contributed by atoms with van der Waals surface area (Å²) in [6.45, 7) is 0.543. The summed E-state index contributed by atoms with van der Waals surface area (Å²) in [7, 11) is 0. The van der Waals surface area contributed by atoms with Crippen LogP contribution in [0.4, 0.5) is 5.69 Å². The van der Waals surface area contributed by atoms with E-state index in [1.807, 2.05) is 18.2 Å². The van der Waals surface area contributed by atoms with Gasteiger partial charge in [0.15, 0.2) is 0 Å². The average molecular weight is 350 g/mol. The van der Waals surface area contributed by atoms with Crippen LogP contribution in [-0.2, 0) is 11.2 Å². The first kappa shape index (κ1) is 17.3. The van der Waals surface area contributed by atoms with Crippen LogP contribution >= 0.6 is 24.2 Å². The van der Waals surface area contributed by atoms with Gasteiger partial charge in [0.05, 0.1) is 11.4 Å². The van der Waals surface area contributed by atoms with Crippen molar-refractivity contribution in [1.29, 1.82) is 0 Å². The van der Waals surface area contributed by atoms with E-state index >= 15 is 0 Å². The number of hydrogen-bond donors (Lipinski definition) is 2. The van der Waals surface area contributed by atoms with Gasteiger partial charge in [0, 0.05) is 29.4 Å². The molecular formula is C16H16ClN3O2S. The molecule has 2 N–H and O–H groups in total. The Morgan fingerprint density at radius 3 is 2.83 bits per heavy atom. The number of thioether (sulfide) groups is 1. The third-order valence-corrected chi connectivity index (χ3v) is 4.39. The summed E-state index contributed by atoms with van der Waals surface area (Å²) in [5.41, 5.74) is 2.54. The molecule has 1 aliphatic heterocycles. The number of anilines is 1. The Labute approximate surface area is 144 Å². The van der Waals surface area contributed by atoms with Crippen molar-refractivity contribution in [1.82, 2.24) is 10.3 Å². The number of pyridine rings is 1. The molecule has 0 saturated heterocycles. The van der Waals surface area contributed by atoms with E-state index in [-0.39, 0.29) is 24.2 Å². The van der Waals surface area contributed by atoms with Crippen molar-refractivity contribution in [3.63, 3.8) is 0 Å². The van der Waals surface area contributed by atoms with Gasteiger partial charge < -0.3 is 10.6 Å². The third-order valence-electron chi connectivity index (χ3n) is 3.32. The van der Waals surface area contributed by atoms with Crippen LogP contribution in [0.2, 0.25) is 0 Å². The van der Waals surface area contributed by atoms with E-state index in [1.54, 1.807) is 36.3 Å². The molecular weight excluding hydrogens is 334 g/mol. The van der Waals surface area contributed by atoms with Crippen LogP contribution < -0.4 is 10.6 Å². The summed E-state index contributed by atoms with van der Waals surface area (Å²) in [5, 5.41) is 5.75. The zero-order valence-electron chi connectivity index (χ0n) is 12.2. The lowest BCUT2D eigenvalue weighted by Gasteiger charge is -2.17. The molecule has 0 saturated carbocycles. The van der Waals surface area contributed by atoms with Crippen molar-refractivity contribution in [3.8, 4) is 0 Å². The standard InChI is InChI=1S/C16H15N3O2S.ClH/c20-15-10-22-14-2-1-11(9-13(14)19-15)3-8-18-16(21)12-4-6-17-7-5-12;/h1-2,4-7,9H,3,8,10H2,(H,18,21)(H,19,20);1H. The van der Waals surface area contributed by atoms with E-state index < -0.39 is 0 Å². The molecule has 2 aromatic rings. The minimum Gasteiger partial charge on any atom is -0.352 e. The van der Waals surface area contributed by atoms with E-state index in [0.717, 1.165) is 16.1 Å². The fraction of sp³-hybridized carbons (Fsp3) is 0.188. The largest absolute Gasteiger partial charge is 0.352 e. The molecule has 2 amide bonds. The normalized spacial score (nSPS) is 12.6. The number of amides is 2. The van der Waals surface area contributed by atoms with Crippen molar-refractivity contribution in [3.05, 3.63) is 53.9 Å². The number of aromatic nitrogens is 1.